The van der Waals surface area contributed by atoms with E-state index < -0.39 is 5.91 Å². The molecule has 5 heteroatoms. The lowest BCUT2D eigenvalue weighted by Gasteiger charge is -2.25. The fourth-order valence-corrected chi connectivity index (χ4v) is 1.47. The summed E-state index contributed by atoms with van der Waals surface area (Å²) >= 11 is 0. The number of nitrogens with two attached hydrogens (primary N) is 1. The van der Waals surface area contributed by atoms with Gasteiger partial charge in [-0.05, 0) is 19.8 Å². The van der Waals surface area contributed by atoms with Crippen molar-refractivity contribution in [2.24, 2.45) is 5.73 Å². The zero-order valence-electron chi connectivity index (χ0n) is 8.53. The van der Waals surface area contributed by atoms with Gasteiger partial charge in [0.05, 0.1) is 13.7 Å². The maximum Gasteiger partial charge on any atom is 0.322 e. The molecule has 0 aliphatic heterocycles. The van der Waals surface area contributed by atoms with Gasteiger partial charge in [-0.15, -0.1) is 0 Å². The Morgan fingerprint density at radius 2 is 2.14 bits per heavy atom. The summed E-state index contributed by atoms with van der Waals surface area (Å²) in [5.41, 5.74) is 5.11. The Morgan fingerprint density at radius 1 is 1.57 bits per heavy atom. The molecule has 80 valence electrons. The molecule has 0 aromatic rings. The Morgan fingerprint density at radius 3 is 2.50 bits per heavy atom. The van der Waals surface area contributed by atoms with Crippen molar-refractivity contribution < 1.29 is 14.3 Å². The molecule has 0 aromatic carbocycles. The van der Waals surface area contributed by atoms with E-state index in [1.54, 1.807) is 11.8 Å². The van der Waals surface area contributed by atoms with Crippen molar-refractivity contribution >= 4 is 11.9 Å². The predicted octanol–water partition coefficient (Wildman–Crippen LogP) is -0.502. The first kappa shape index (κ1) is 11.0. The van der Waals surface area contributed by atoms with Crippen LogP contribution in [0.3, 0.4) is 0 Å². The van der Waals surface area contributed by atoms with Crippen LogP contribution in [0.5, 0.6) is 0 Å². The van der Waals surface area contributed by atoms with Gasteiger partial charge in [0, 0.05) is 6.04 Å². The molecule has 1 aliphatic carbocycles. The van der Waals surface area contributed by atoms with E-state index in [0.717, 1.165) is 12.8 Å². The zero-order valence-corrected chi connectivity index (χ0v) is 8.53. The fraction of sp³-hybridized carbons (Fsp3) is 0.778. The summed E-state index contributed by atoms with van der Waals surface area (Å²) in [4.78, 5) is 23.8. The lowest BCUT2D eigenvalue weighted by atomic mass is 10.2. The van der Waals surface area contributed by atoms with Crippen LogP contribution in [-0.4, -0.2) is 42.5 Å². The third-order valence-corrected chi connectivity index (χ3v) is 2.39. The number of rotatable bonds is 5. The average Bonchev–Trinajstić information content (AvgIpc) is 2.94. The maximum absolute atomic E-state index is 11.3. The van der Waals surface area contributed by atoms with Gasteiger partial charge >= 0.3 is 5.97 Å². The monoisotopic (exact) mass is 200 g/mol. The predicted molar refractivity (Wildman–Crippen MR) is 50.4 cm³/mol. The molecule has 2 N–H and O–H groups in total. The number of carbonyl (C=O) groups is 2. The highest BCUT2D eigenvalue weighted by Crippen LogP contribution is 2.28. The summed E-state index contributed by atoms with van der Waals surface area (Å²) < 4.78 is 4.62. The van der Waals surface area contributed by atoms with Crippen molar-refractivity contribution in [1.29, 1.82) is 0 Å². The van der Waals surface area contributed by atoms with E-state index in [1.165, 1.54) is 7.11 Å². The molecule has 5 nitrogen and oxygen atoms in total. The molecule has 1 saturated carbocycles. The van der Waals surface area contributed by atoms with Crippen LogP contribution < -0.4 is 5.73 Å². The highest BCUT2D eigenvalue weighted by atomic mass is 16.5. The van der Waals surface area contributed by atoms with Crippen molar-refractivity contribution in [1.82, 2.24) is 4.90 Å². The number of amides is 1. The quantitative estimate of drug-likeness (QED) is 0.607. The van der Waals surface area contributed by atoms with E-state index in [4.69, 9.17) is 5.73 Å². The SMILES string of the molecule is COC(=O)C(C)N(CC(N)=O)C1CC1. The summed E-state index contributed by atoms with van der Waals surface area (Å²) in [6, 6.07) is -0.0726. The molecule has 1 rings (SSSR count). The minimum Gasteiger partial charge on any atom is -0.468 e. The minimum absolute atomic E-state index is 0.126. The molecule has 14 heavy (non-hydrogen) atoms. The van der Waals surface area contributed by atoms with E-state index in [9.17, 15) is 9.59 Å². The number of primary amides is 1. The molecule has 0 bridgehead atoms. The molecule has 0 saturated heterocycles. The van der Waals surface area contributed by atoms with Crippen molar-refractivity contribution in [3.8, 4) is 0 Å². The summed E-state index contributed by atoms with van der Waals surface area (Å²) in [6.45, 7) is 1.86. The average molecular weight is 200 g/mol. The molecule has 1 aliphatic rings. The Kier molecular flexibility index (Phi) is 3.46. The first-order chi connectivity index (χ1) is 6.56. The van der Waals surface area contributed by atoms with Crippen molar-refractivity contribution in [3.05, 3.63) is 0 Å². The number of methoxy groups -OCH3 is 1. The summed E-state index contributed by atoms with van der Waals surface area (Å²) in [5, 5.41) is 0. The van der Waals surface area contributed by atoms with Gasteiger partial charge in [-0.3, -0.25) is 14.5 Å². The number of ether oxygens (including phenoxy) is 1. The van der Waals surface area contributed by atoms with Gasteiger partial charge in [0.25, 0.3) is 0 Å². The zero-order chi connectivity index (χ0) is 10.7. The van der Waals surface area contributed by atoms with Crippen LogP contribution in [0.4, 0.5) is 0 Å². The molecule has 0 spiro atoms. The smallest absolute Gasteiger partial charge is 0.322 e. The molecule has 0 radical (unpaired) electrons. The summed E-state index contributed by atoms with van der Waals surface area (Å²) in [6.07, 6.45) is 2.04. The van der Waals surface area contributed by atoms with Crippen LogP contribution in [0.1, 0.15) is 19.8 Å². The molecule has 0 heterocycles. The van der Waals surface area contributed by atoms with E-state index in [1.807, 2.05) is 0 Å². The van der Waals surface area contributed by atoms with E-state index in [-0.39, 0.29) is 18.6 Å². The number of carbonyl (C=O) groups excluding carboxylic acids is 2. The first-order valence-corrected chi connectivity index (χ1v) is 4.68. The molecule has 1 unspecified atom stereocenters. The van der Waals surface area contributed by atoms with Crippen molar-refractivity contribution in [2.45, 2.75) is 31.8 Å². The van der Waals surface area contributed by atoms with Gasteiger partial charge < -0.3 is 10.5 Å². The van der Waals surface area contributed by atoms with Crippen LogP contribution in [-0.2, 0) is 14.3 Å². The lowest BCUT2D eigenvalue weighted by molar-refractivity contribution is -0.146. The summed E-state index contributed by atoms with van der Waals surface area (Å²) in [5.74, 6) is -0.731. The Balaban J connectivity index is 2.56. The number of esters is 1. The molecule has 1 atom stereocenters. The number of hydrogen-bond donors (Lipinski definition) is 1. The van der Waals surface area contributed by atoms with Crippen LogP contribution in [0.2, 0.25) is 0 Å². The highest BCUT2D eigenvalue weighted by molar-refractivity contribution is 5.79. The second-order valence-electron chi connectivity index (χ2n) is 3.57. The number of hydrogen-bond acceptors (Lipinski definition) is 4. The Bertz CT molecular complexity index is 238. The largest absolute Gasteiger partial charge is 0.468 e. The van der Waals surface area contributed by atoms with Crippen LogP contribution >= 0.6 is 0 Å². The molecular formula is C9H16N2O3. The van der Waals surface area contributed by atoms with E-state index in [0.29, 0.717) is 6.04 Å². The first-order valence-electron chi connectivity index (χ1n) is 4.68. The van der Waals surface area contributed by atoms with E-state index in [2.05, 4.69) is 4.74 Å². The van der Waals surface area contributed by atoms with Crippen molar-refractivity contribution in [3.63, 3.8) is 0 Å². The van der Waals surface area contributed by atoms with Crippen LogP contribution in [0.25, 0.3) is 0 Å². The molecule has 1 fully saturated rings. The molecule has 1 amide bonds. The Hall–Kier alpha value is -1.10. The number of nitrogens with zero attached hydrogens (tertiary/aromatic N) is 1. The van der Waals surface area contributed by atoms with Gasteiger partial charge in [0.1, 0.15) is 6.04 Å². The van der Waals surface area contributed by atoms with E-state index >= 15 is 0 Å². The second kappa shape index (κ2) is 4.41. The van der Waals surface area contributed by atoms with Crippen molar-refractivity contribution in [2.75, 3.05) is 13.7 Å². The van der Waals surface area contributed by atoms with Gasteiger partial charge in [0.15, 0.2) is 0 Å². The van der Waals surface area contributed by atoms with Gasteiger partial charge in [0.2, 0.25) is 5.91 Å². The third kappa shape index (κ3) is 2.70. The van der Waals surface area contributed by atoms with Crippen LogP contribution in [0, 0.1) is 0 Å². The molecule has 0 aromatic heterocycles. The summed E-state index contributed by atoms with van der Waals surface area (Å²) in [7, 11) is 1.34. The lowest BCUT2D eigenvalue weighted by Crippen LogP contribution is -2.45. The van der Waals surface area contributed by atoms with Gasteiger partial charge in [-0.25, -0.2) is 0 Å². The second-order valence-corrected chi connectivity index (χ2v) is 3.57. The highest BCUT2D eigenvalue weighted by Gasteiger charge is 2.36. The van der Waals surface area contributed by atoms with Crippen LogP contribution in [0.15, 0.2) is 0 Å². The standard InChI is InChI=1S/C9H16N2O3/c1-6(9(13)14-2)11(5-8(10)12)7-3-4-7/h6-7H,3-5H2,1-2H3,(H2,10,12). The normalized spacial score (nSPS) is 17.9. The van der Waals surface area contributed by atoms with Gasteiger partial charge in [-0.2, -0.15) is 0 Å². The maximum atomic E-state index is 11.3. The van der Waals surface area contributed by atoms with Gasteiger partial charge in [-0.1, -0.05) is 0 Å². The topological polar surface area (TPSA) is 72.6 Å². The third-order valence-electron chi connectivity index (χ3n) is 2.39. The minimum atomic E-state index is -0.410. The fourth-order valence-electron chi connectivity index (χ4n) is 1.47. The Labute approximate surface area is 83.2 Å². The molecular weight excluding hydrogens is 184 g/mol.